The molecule has 1 aromatic heterocycles. The number of methoxy groups -OCH3 is 2. The van der Waals surface area contributed by atoms with Gasteiger partial charge in [0.15, 0.2) is 5.16 Å². The number of amides is 1. The smallest absolute Gasteiger partial charge is 0.251 e. The maximum absolute atomic E-state index is 12.3. The average Bonchev–Trinajstić information content (AvgIpc) is 3.20. The van der Waals surface area contributed by atoms with Crippen molar-refractivity contribution in [1.82, 2.24) is 15.3 Å². The molecule has 2 N–H and O–H groups in total. The molecule has 3 rings (SSSR count). The van der Waals surface area contributed by atoms with Crippen molar-refractivity contribution in [2.75, 3.05) is 26.5 Å². The maximum atomic E-state index is 12.3. The molecule has 0 radical (unpaired) electrons. The topological polar surface area (TPSA) is 76.2 Å². The lowest BCUT2D eigenvalue weighted by atomic mass is 10.2. The van der Waals surface area contributed by atoms with E-state index in [1.54, 1.807) is 38.6 Å². The third kappa shape index (κ3) is 5.21. The summed E-state index contributed by atoms with van der Waals surface area (Å²) in [6, 6.07) is 12.6. The molecule has 0 aliphatic heterocycles. The molecule has 1 amide bonds. The standard InChI is InChI=1S/C20H20ClN3O3S/c1-26-16-9-14(10-17(11-16)27-2)19(25)22-7-8-28-20-23-12-18(24-20)13-3-5-15(21)6-4-13/h3-6,9-12H,7-8H2,1-2H3,(H,22,25)(H,23,24). The number of hydrogen-bond acceptors (Lipinski definition) is 5. The third-order valence-electron chi connectivity index (χ3n) is 3.95. The van der Waals surface area contributed by atoms with E-state index in [0.29, 0.717) is 34.4 Å². The minimum absolute atomic E-state index is 0.181. The number of aromatic amines is 1. The molecule has 0 unspecified atom stereocenters. The predicted molar refractivity (Wildman–Crippen MR) is 112 cm³/mol. The SMILES string of the molecule is COc1cc(OC)cc(C(=O)NCCSc2ncc(-c3ccc(Cl)cc3)[nH]2)c1. The molecule has 146 valence electrons. The molecule has 3 aromatic rings. The molecule has 8 heteroatoms. The van der Waals surface area contributed by atoms with Gasteiger partial charge in [0.2, 0.25) is 0 Å². The fourth-order valence-electron chi connectivity index (χ4n) is 2.51. The normalized spacial score (nSPS) is 10.5. The zero-order chi connectivity index (χ0) is 19.9. The predicted octanol–water partition coefficient (Wildman–Crippen LogP) is 4.27. The van der Waals surface area contributed by atoms with E-state index >= 15 is 0 Å². The van der Waals surface area contributed by atoms with Crippen molar-refractivity contribution in [2.45, 2.75) is 5.16 Å². The van der Waals surface area contributed by atoms with Gasteiger partial charge in [0.1, 0.15) is 11.5 Å². The number of imidazole rings is 1. The van der Waals surface area contributed by atoms with Gasteiger partial charge in [0.25, 0.3) is 5.91 Å². The van der Waals surface area contributed by atoms with Crippen LogP contribution in [0.15, 0.2) is 53.8 Å². The second-order valence-electron chi connectivity index (χ2n) is 5.81. The van der Waals surface area contributed by atoms with Gasteiger partial charge in [-0.05, 0) is 29.8 Å². The zero-order valence-electron chi connectivity index (χ0n) is 15.5. The minimum Gasteiger partial charge on any atom is -0.497 e. The van der Waals surface area contributed by atoms with Crippen LogP contribution >= 0.6 is 23.4 Å². The molecule has 0 fully saturated rings. The van der Waals surface area contributed by atoms with Crippen molar-refractivity contribution in [3.8, 4) is 22.8 Å². The van der Waals surface area contributed by atoms with Crippen LogP contribution in [0, 0.1) is 0 Å². The van der Waals surface area contributed by atoms with Gasteiger partial charge >= 0.3 is 0 Å². The number of carbonyl (C=O) groups is 1. The Morgan fingerprint density at radius 1 is 1.14 bits per heavy atom. The van der Waals surface area contributed by atoms with Crippen LogP contribution in [-0.4, -0.2) is 42.4 Å². The molecule has 2 aromatic carbocycles. The van der Waals surface area contributed by atoms with Gasteiger partial charge in [-0.15, -0.1) is 0 Å². The third-order valence-corrected chi connectivity index (χ3v) is 5.09. The van der Waals surface area contributed by atoms with Gasteiger partial charge in [-0.1, -0.05) is 35.5 Å². The summed E-state index contributed by atoms with van der Waals surface area (Å²) in [7, 11) is 3.10. The van der Waals surface area contributed by atoms with Crippen LogP contribution in [0.2, 0.25) is 5.02 Å². The lowest BCUT2D eigenvalue weighted by Crippen LogP contribution is -2.25. The number of carbonyl (C=O) groups excluding carboxylic acids is 1. The summed E-state index contributed by atoms with van der Waals surface area (Å²) < 4.78 is 10.4. The minimum atomic E-state index is -0.181. The van der Waals surface area contributed by atoms with E-state index in [0.717, 1.165) is 16.4 Å². The second-order valence-corrected chi connectivity index (χ2v) is 7.33. The summed E-state index contributed by atoms with van der Waals surface area (Å²) in [5, 5.41) is 4.38. The molecule has 0 aliphatic rings. The molecular formula is C20H20ClN3O3S. The number of hydrogen-bond donors (Lipinski definition) is 2. The molecule has 0 saturated carbocycles. The van der Waals surface area contributed by atoms with Gasteiger partial charge < -0.3 is 19.8 Å². The van der Waals surface area contributed by atoms with Crippen LogP contribution in [0.5, 0.6) is 11.5 Å². The quantitative estimate of drug-likeness (QED) is 0.423. The summed E-state index contributed by atoms with van der Waals surface area (Å²) >= 11 is 7.45. The van der Waals surface area contributed by atoms with Crippen LogP contribution < -0.4 is 14.8 Å². The molecule has 6 nitrogen and oxygen atoms in total. The number of nitrogens with zero attached hydrogens (tertiary/aromatic N) is 1. The number of rotatable bonds is 8. The van der Waals surface area contributed by atoms with Crippen molar-refractivity contribution >= 4 is 29.3 Å². The highest BCUT2D eigenvalue weighted by Gasteiger charge is 2.10. The molecule has 1 heterocycles. The molecule has 0 aliphatic carbocycles. The fraction of sp³-hybridized carbons (Fsp3) is 0.200. The van der Waals surface area contributed by atoms with Gasteiger partial charge in [0.05, 0.1) is 26.1 Å². The maximum Gasteiger partial charge on any atom is 0.251 e. The first-order valence-electron chi connectivity index (χ1n) is 8.54. The molecule has 0 bridgehead atoms. The Labute approximate surface area is 172 Å². The largest absolute Gasteiger partial charge is 0.497 e. The van der Waals surface area contributed by atoms with Gasteiger partial charge in [0, 0.05) is 29.0 Å². The first-order chi connectivity index (χ1) is 13.6. The number of H-pyrrole nitrogens is 1. The van der Waals surface area contributed by atoms with E-state index in [9.17, 15) is 4.79 Å². The van der Waals surface area contributed by atoms with Crippen molar-refractivity contribution in [1.29, 1.82) is 0 Å². The lowest BCUT2D eigenvalue weighted by Gasteiger charge is -2.09. The Morgan fingerprint density at radius 2 is 1.82 bits per heavy atom. The first kappa shape index (κ1) is 20.1. The summed E-state index contributed by atoms with van der Waals surface area (Å²) in [5.41, 5.74) is 2.43. The van der Waals surface area contributed by atoms with Crippen LogP contribution in [0.4, 0.5) is 0 Å². The highest BCUT2D eigenvalue weighted by atomic mass is 35.5. The Balaban J connectivity index is 1.51. The number of nitrogens with one attached hydrogen (secondary N) is 2. The van der Waals surface area contributed by atoms with Crippen LogP contribution in [0.1, 0.15) is 10.4 Å². The number of thioether (sulfide) groups is 1. The summed E-state index contributed by atoms with van der Waals surface area (Å²) in [4.78, 5) is 20.0. The average molecular weight is 418 g/mol. The molecule has 28 heavy (non-hydrogen) atoms. The van der Waals surface area contributed by atoms with E-state index in [4.69, 9.17) is 21.1 Å². The van der Waals surface area contributed by atoms with Crippen molar-refractivity contribution < 1.29 is 14.3 Å². The van der Waals surface area contributed by atoms with Crippen LogP contribution in [-0.2, 0) is 0 Å². The lowest BCUT2D eigenvalue weighted by molar-refractivity contribution is 0.0955. The Bertz CT molecular complexity index is 922. The molecular weight excluding hydrogens is 398 g/mol. The Kier molecular flexibility index (Phi) is 6.84. The number of ether oxygens (including phenoxy) is 2. The van der Waals surface area contributed by atoms with Gasteiger partial charge in [-0.3, -0.25) is 4.79 Å². The van der Waals surface area contributed by atoms with Gasteiger partial charge in [-0.25, -0.2) is 4.98 Å². The second kappa shape index (κ2) is 9.52. The summed E-state index contributed by atoms with van der Waals surface area (Å²) in [6.07, 6.45) is 1.78. The Morgan fingerprint density at radius 3 is 2.46 bits per heavy atom. The van der Waals surface area contributed by atoms with Crippen molar-refractivity contribution in [3.63, 3.8) is 0 Å². The molecule has 0 atom stereocenters. The van der Waals surface area contributed by atoms with E-state index in [1.165, 1.54) is 11.8 Å². The van der Waals surface area contributed by atoms with Crippen LogP contribution in [0.25, 0.3) is 11.3 Å². The van der Waals surface area contributed by atoms with E-state index < -0.39 is 0 Å². The zero-order valence-corrected chi connectivity index (χ0v) is 17.1. The van der Waals surface area contributed by atoms with Crippen molar-refractivity contribution in [3.05, 3.63) is 59.2 Å². The van der Waals surface area contributed by atoms with Gasteiger partial charge in [-0.2, -0.15) is 0 Å². The van der Waals surface area contributed by atoms with E-state index in [-0.39, 0.29) is 5.91 Å². The van der Waals surface area contributed by atoms with E-state index in [1.807, 2.05) is 24.3 Å². The van der Waals surface area contributed by atoms with Crippen molar-refractivity contribution in [2.24, 2.45) is 0 Å². The molecule has 0 spiro atoms. The number of halogens is 1. The van der Waals surface area contributed by atoms with Crippen LogP contribution in [0.3, 0.4) is 0 Å². The number of aromatic nitrogens is 2. The highest BCUT2D eigenvalue weighted by Crippen LogP contribution is 2.24. The number of benzene rings is 2. The monoisotopic (exact) mass is 417 g/mol. The molecule has 0 saturated heterocycles. The highest BCUT2D eigenvalue weighted by molar-refractivity contribution is 7.99. The van der Waals surface area contributed by atoms with E-state index in [2.05, 4.69) is 15.3 Å². The fourth-order valence-corrected chi connectivity index (χ4v) is 3.34. The summed E-state index contributed by atoms with van der Waals surface area (Å²) in [6.45, 7) is 0.500. The Hall–Kier alpha value is -2.64. The first-order valence-corrected chi connectivity index (χ1v) is 9.90. The summed E-state index contributed by atoms with van der Waals surface area (Å²) in [5.74, 6) is 1.65.